The van der Waals surface area contributed by atoms with Gasteiger partial charge in [-0.3, -0.25) is 4.79 Å². The van der Waals surface area contributed by atoms with Crippen molar-refractivity contribution in [2.45, 2.75) is 26.3 Å². The van der Waals surface area contributed by atoms with E-state index in [4.69, 9.17) is 4.52 Å². The van der Waals surface area contributed by atoms with Crippen molar-refractivity contribution in [3.8, 4) is 22.2 Å². The second-order valence-electron chi connectivity index (χ2n) is 5.24. The second-order valence-corrected chi connectivity index (χ2v) is 6.32. The topological polar surface area (TPSA) is 68.0 Å². The molecule has 0 fully saturated rings. The number of hydrogen-bond acceptors (Lipinski definition) is 5. The van der Waals surface area contributed by atoms with E-state index >= 15 is 0 Å². The van der Waals surface area contributed by atoms with Gasteiger partial charge in [0, 0.05) is 11.6 Å². The Hall–Kier alpha value is -2.47. The molecule has 0 saturated carbocycles. The summed E-state index contributed by atoms with van der Waals surface area (Å²) in [5.41, 5.74) is 0.873. The highest BCUT2D eigenvalue weighted by Crippen LogP contribution is 2.28. The van der Waals surface area contributed by atoms with Gasteiger partial charge in [-0.05, 0) is 37.6 Å². The van der Waals surface area contributed by atoms with Crippen molar-refractivity contribution >= 4 is 17.2 Å². The van der Waals surface area contributed by atoms with E-state index in [1.54, 1.807) is 6.07 Å². The summed E-state index contributed by atoms with van der Waals surface area (Å²) in [7, 11) is 0. The van der Waals surface area contributed by atoms with Gasteiger partial charge < -0.3 is 9.84 Å². The first-order chi connectivity index (χ1) is 11.2. The van der Waals surface area contributed by atoms with Gasteiger partial charge in [0.15, 0.2) is 0 Å². The van der Waals surface area contributed by atoms with E-state index in [-0.39, 0.29) is 11.9 Å². The number of nitrogens with zero attached hydrogens (tertiary/aromatic N) is 2. The summed E-state index contributed by atoms with van der Waals surface area (Å²) < 4.78 is 5.30. The second kappa shape index (κ2) is 6.75. The number of amides is 1. The Morgan fingerprint density at radius 2 is 2.04 bits per heavy atom. The van der Waals surface area contributed by atoms with Crippen molar-refractivity contribution in [1.82, 2.24) is 15.5 Å². The Balaban J connectivity index is 1.79. The molecule has 1 unspecified atom stereocenters. The van der Waals surface area contributed by atoms with Crippen LogP contribution in [0.4, 0.5) is 0 Å². The molecule has 1 aromatic carbocycles. The molecule has 0 bridgehead atoms. The molecular formula is C17H17N3O2S. The normalized spacial score (nSPS) is 12.1. The van der Waals surface area contributed by atoms with Crippen molar-refractivity contribution in [2.24, 2.45) is 0 Å². The van der Waals surface area contributed by atoms with Gasteiger partial charge in [0.05, 0.1) is 9.75 Å². The first-order valence-electron chi connectivity index (χ1n) is 7.47. The van der Waals surface area contributed by atoms with Crippen LogP contribution in [0.5, 0.6) is 0 Å². The van der Waals surface area contributed by atoms with Gasteiger partial charge in [0.25, 0.3) is 11.8 Å². The van der Waals surface area contributed by atoms with Crippen LogP contribution in [0.1, 0.15) is 29.9 Å². The van der Waals surface area contributed by atoms with E-state index in [1.165, 1.54) is 11.3 Å². The molecule has 2 aromatic heterocycles. The Morgan fingerprint density at radius 3 is 2.78 bits per heavy atom. The molecule has 0 aliphatic heterocycles. The highest BCUT2D eigenvalue weighted by Gasteiger charge is 2.16. The first kappa shape index (κ1) is 15.4. The quantitative estimate of drug-likeness (QED) is 0.769. The molecule has 1 amide bonds. The Morgan fingerprint density at radius 1 is 1.26 bits per heavy atom. The van der Waals surface area contributed by atoms with E-state index in [1.807, 2.05) is 50.2 Å². The molecule has 118 valence electrons. The van der Waals surface area contributed by atoms with Gasteiger partial charge in [-0.25, -0.2) is 0 Å². The van der Waals surface area contributed by atoms with Gasteiger partial charge >= 0.3 is 0 Å². The SMILES string of the molecule is CCC(C)NC(=O)c1ccc(-c2noc(-c3ccccc3)n2)s1. The van der Waals surface area contributed by atoms with Gasteiger partial charge in [0.1, 0.15) is 0 Å². The van der Waals surface area contributed by atoms with Crippen LogP contribution in [0.25, 0.3) is 22.2 Å². The lowest BCUT2D eigenvalue weighted by atomic mass is 10.2. The fourth-order valence-electron chi connectivity index (χ4n) is 2.00. The fourth-order valence-corrected chi connectivity index (χ4v) is 2.83. The molecule has 1 atom stereocenters. The summed E-state index contributed by atoms with van der Waals surface area (Å²) in [6.07, 6.45) is 0.898. The van der Waals surface area contributed by atoms with Crippen LogP contribution in [-0.4, -0.2) is 22.1 Å². The zero-order chi connectivity index (χ0) is 16.2. The lowest BCUT2D eigenvalue weighted by Gasteiger charge is -2.09. The highest BCUT2D eigenvalue weighted by molar-refractivity contribution is 7.17. The Labute approximate surface area is 138 Å². The highest BCUT2D eigenvalue weighted by atomic mass is 32.1. The van der Waals surface area contributed by atoms with Crippen molar-refractivity contribution in [3.05, 3.63) is 47.3 Å². The van der Waals surface area contributed by atoms with Gasteiger partial charge in [-0.1, -0.05) is 30.3 Å². The van der Waals surface area contributed by atoms with Crippen LogP contribution in [0.3, 0.4) is 0 Å². The van der Waals surface area contributed by atoms with Crippen molar-refractivity contribution in [1.29, 1.82) is 0 Å². The molecule has 0 aliphatic rings. The molecule has 6 heteroatoms. The zero-order valence-electron chi connectivity index (χ0n) is 12.9. The van der Waals surface area contributed by atoms with E-state index in [0.29, 0.717) is 16.6 Å². The summed E-state index contributed by atoms with van der Waals surface area (Å²) in [4.78, 5) is 18.0. The number of aromatic nitrogens is 2. The number of carbonyl (C=O) groups is 1. The lowest BCUT2D eigenvalue weighted by Crippen LogP contribution is -2.31. The lowest BCUT2D eigenvalue weighted by molar-refractivity contribution is 0.0943. The summed E-state index contributed by atoms with van der Waals surface area (Å²) in [6, 6.07) is 13.4. The van der Waals surface area contributed by atoms with Gasteiger partial charge in [-0.15, -0.1) is 11.3 Å². The minimum absolute atomic E-state index is 0.0672. The zero-order valence-corrected chi connectivity index (χ0v) is 13.8. The molecule has 2 heterocycles. The van der Waals surface area contributed by atoms with Crippen LogP contribution in [-0.2, 0) is 0 Å². The van der Waals surface area contributed by atoms with Crippen LogP contribution in [0.2, 0.25) is 0 Å². The number of nitrogens with one attached hydrogen (secondary N) is 1. The first-order valence-corrected chi connectivity index (χ1v) is 8.29. The van der Waals surface area contributed by atoms with Crippen LogP contribution in [0, 0.1) is 0 Å². The maximum atomic E-state index is 12.1. The van der Waals surface area contributed by atoms with Crippen molar-refractivity contribution < 1.29 is 9.32 Å². The predicted molar refractivity (Wildman–Crippen MR) is 90.3 cm³/mol. The average molecular weight is 327 g/mol. The van der Waals surface area contributed by atoms with Gasteiger partial charge in [0.2, 0.25) is 5.82 Å². The molecule has 1 N–H and O–H groups in total. The van der Waals surface area contributed by atoms with Crippen molar-refractivity contribution in [2.75, 3.05) is 0 Å². The molecule has 0 aliphatic carbocycles. The number of hydrogen-bond donors (Lipinski definition) is 1. The summed E-state index contributed by atoms with van der Waals surface area (Å²) in [6.45, 7) is 4.02. The molecule has 0 radical (unpaired) electrons. The maximum Gasteiger partial charge on any atom is 0.261 e. The van der Waals surface area contributed by atoms with Gasteiger partial charge in [-0.2, -0.15) is 4.98 Å². The molecular weight excluding hydrogens is 310 g/mol. The maximum absolute atomic E-state index is 12.1. The van der Waals surface area contributed by atoms with E-state index in [9.17, 15) is 4.79 Å². The largest absolute Gasteiger partial charge is 0.349 e. The standard InChI is InChI=1S/C17H17N3O2S/c1-3-11(2)18-16(21)14-10-9-13(23-14)15-19-17(22-20-15)12-7-5-4-6-8-12/h4-11H,3H2,1-2H3,(H,18,21). The molecule has 3 aromatic rings. The predicted octanol–water partition coefficient (Wildman–Crippen LogP) is 3.99. The minimum Gasteiger partial charge on any atom is -0.349 e. The Kier molecular flexibility index (Phi) is 4.52. The summed E-state index contributed by atoms with van der Waals surface area (Å²) in [5, 5.41) is 6.95. The van der Waals surface area contributed by atoms with E-state index < -0.39 is 0 Å². The molecule has 23 heavy (non-hydrogen) atoms. The number of rotatable bonds is 5. The number of benzene rings is 1. The number of thiophene rings is 1. The van der Waals surface area contributed by atoms with Crippen LogP contribution < -0.4 is 5.32 Å². The summed E-state index contributed by atoms with van der Waals surface area (Å²) in [5.74, 6) is 0.901. The molecule has 3 rings (SSSR count). The van der Waals surface area contributed by atoms with E-state index in [2.05, 4.69) is 15.5 Å². The van der Waals surface area contributed by atoms with E-state index in [0.717, 1.165) is 16.9 Å². The smallest absolute Gasteiger partial charge is 0.261 e. The third kappa shape index (κ3) is 3.48. The Bertz CT molecular complexity index is 795. The molecule has 0 spiro atoms. The monoisotopic (exact) mass is 327 g/mol. The van der Waals surface area contributed by atoms with Crippen LogP contribution in [0.15, 0.2) is 47.0 Å². The molecule has 0 saturated heterocycles. The fraction of sp³-hybridized carbons (Fsp3) is 0.235. The summed E-state index contributed by atoms with van der Waals surface area (Å²) >= 11 is 1.36. The average Bonchev–Trinajstić information content (AvgIpc) is 3.24. The van der Waals surface area contributed by atoms with Crippen LogP contribution >= 0.6 is 11.3 Å². The minimum atomic E-state index is -0.0672. The third-order valence-corrected chi connectivity index (χ3v) is 4.57. The van der Waals surface area contributed by atoms with Crippen molar-refractivity contribution in [3.63, 3.8) is 0 Å². The third-order valence-electron chi connectivity index (χ3n) is 3.49. The molecule has 5 nitrogen and oxygen atoms in total. The number of carbonyl (C=O) groups excluding carboxylic acids is 1.